The summed E-state index contributed by atoms with van der Waals surface area (Å²) in [5.74, 6) is 5.61. The molecule has 0 fully saturated rings. The van der Waals surface area contributed by atoms with Crippen LogP contribution in [0.1, 0.15) is 29.6 Å². The van der Waals surface area contributed by atoms with Gasteiger partial charge in [-0.3, -0.25) is 4.79 Å². The van der Waals surface area contributed by atoms with Crippen molar-refractivity contribution in [2.24, 2.45) is 5.84 Å². The van der Waals surface area contributed by atoms with Crippen molar-refractivity contribution in [3.8, 4) is 0 Å². The van der Waals surface area contributed by atoms with E-state index < -0.39 is 0 Å². The molecule has 1 amide bonds. The number of unbranched alkanes of at least 4 members (excludes halogenated alkanes) is 2. The van der Waals surface area contributed by atoms with Gasteiger partial charge in [0.2, 0.25) is 0 Å². The number of nitrogens with two attached hydrogens (primary N) is 1. The first-order chi connectivity index (χ1) is 8.77. The summed E-state index contributed by atoms with van der Waals surface area (Å²) in [6.45, 7) is 1.44. The molecule has 18 heavy (non-hydrogen) atoms. The topological polar surface area (TPSA) is 89.3 Å². The van der Waals surface area contributed by atoms with Crippen molar-refractivity contribution >= 4 is 11.7 Å². The maximum atomic E-state index is 11.7. The van der Waals surface area contributed by atoms with Crippen molar-refractivity contribution in [3.05, 3.63) is 23.9 Å². The lowest BCUT2D eigenvalue weighted by atomic mass is 10.2. The molecule has 0 bridgehead atoms. The predicted octanol–water partition coefficient (Wildman–Crippen LogP) is 0.914. The zero-order chi connectivity index (χ0) is 13.2. The zero-order valence-corrected chi connectivity index (χ0v) is 10.6. The monoisotopic (exact) mass is 252 g/mol. The standard InChI is InChI=1S/C12H20N4O2/c1-18-8-4-2-3-7-14-12(17)10-5-6-11(16-13)15-9-10/h5-6,9H,2-4,7-8,13H2,1H3,(H,14,17)(H,15,16). The van der Waals surface area contributed by atoms with Gasteiger partial charge in [0.15, 0.2) is 0 Å². The Morgan fingerprint density at radius 1 is 1.39 bits per heavy atom. The minimum Gasteiger partial charge on any atom is -0.385 e. The second-order valence-electron chi connectivity index (χ2n) is 3.89. The minimum absolute atomic E-state index is 0.113. The van der Waals surface area contributed by atoms with Crippen LogP contribution in [-0.2, 0) is 4.74 Å². The molecule has 100 valence electrons. The van der Waals surface area contributed by atoms with Crippen LogP contribution in [0.3, 0.4) is 0 Å². The number of ether oxygens (including phenoxy) is 1. The van der Waals surface area contributed by atoms with Crippen LogP contribution in [0, 0.1) is 0 Å². The number of amides is 1. The van der Waals surface area contributed by atoms with Gasteiger partial charge in [0.25, 0.3) is 5.91 Å². The van der Waals surface area contributed by atoms with Crippen molar-refractivity contribution in [1.82, 2.24) is 10.3 Å². The third-order valence-corrected chi connectivity index (χ3v) is 2.48. The maximum absolute atomic E-state index is 11.7. The molecule has 6 nitrogen and oxygen atoms in total. The molecule has 0 atom stereocenters. The smallest absolute Gasteiger partial charge is 0.252 e. The average molecular weight is 252 g/mol. The molecule has 4 N–H and O–H groups in total. The van der Waals surface area contributed by atoms with Crippen molar-refractivity contribution < 1.29 is 9.53 Å². The van der Waals surface area contributed by atoms with Gasteiger partial charge in [-0.15, -0.1) is 0 Å². The number of hydrogen-bond donors (Lipinski definition) is 3. The van der Waals surface area contributed by atoms with E-state index in [2.05, 4.69) is 15.7 Å². The Morgan fingerprint density at radius 3 is 2.83 bits per heavy atom. The van der Waals surface area contributed by atoms with Crippen LogP contribution in [0.5, 0.6) is 0 Å². The van der Waals surface area contributed by atoms with Gasteiger partial charge in [0.05, 0.1) is 5.56 Å². The van der Waals surface area contributed by atoms with Gasteiger partial charge in [-0.2, -0.15) is 0 Å². The van der Waals surface area contributed by atoms with Gasteiger partial charge in [-0.05, 0) is 31.4 Å². The molecular formula is C12H20N4O2. The van der Waals surface area contributed by atoms with Gasteiger partial charge >= 0.3 is 0 Å². The highest BCUT2D eigenvalue weighted by molar-refractivity contribution is 5.93. The molecule has 1 aromatic rings. The number of rotatable bonds is 8. The van der Waals surface area contributed by atoms with Gasteiger partial charge in [0, 0.05) is 26.5 Å². The Kier molecular flexibility index (Phi) is 6.75. The Morgan fingerprint density at radius 2 is 2.22 bits per heavy atom. The number of nitrogen functional groups attached to an aromatic ring is 1. The molecule has 0 saturated heterocycles. The van der Waals surface area contributed by atoms with E-state index in [1.807, 2.05) is 0 Å². The first-order valence-electron chi connectivity index (χ1n) is 5.97. The van der Waals surface area contributed by atoms with Crippen molar-refractivity contribution in [1.29, 1.82) is 0 Å². The summed E-state index contributed by atoms with van der Waals surface area (Å²) in [6, 6.07) is 3.34. The highest BCUT2D eigenvalue weighted by atomic mass is 16.5. The molecule has 6 heteroatoms. The Bertz CT molecular complexity index is 354. The fraction of sp³-hybridized carbons (Fsp3) is 0.500. The van der Waals surface area contributed by atoms with Gasteiger partial charge in [-0.1, -0.05) is 0 Å². The number of aromatic nitrogens is 1. The van der Waals surface area contributed by atoms with Crippen LogP contribution in [0.25, 0.3) is 0 Å². The molecule has 0 spiro atoms. The molecule has 0 aromatic carbocycles. The summed E-state index contributed by atoms with van der Waals surface area (Å²) in [5, 5.41) is 2.84. The summed E-state index contributed by atoms with van der Waals surface area (Å²) in [7, 11) is 1.69. The third-order valence-electron chi connectivity index (χ3n) is 2.48. The van der Waals surface area contributed by atoms with E-state index in [-0.39, 0.29) is 5.91 Å². The van der Waals surface area contributed by atoms with Crippen LogP contribution in [0.4, 0.5) is 5.82 Å². The normalized spacial score (nSPS) is 10.1. The highest BCUT2D eigenvalue weighted by Gasteiger charge is 2.04. The van der Waals surface area contributed by atoms with E-state index in [4.69, 9.17) is 10.6 Å². The van der Waals surface area contributed by atoms with Crippen molar-refractivity contribution in [3.63, 3.8) is 0 Å². The maximum Gasteiger partial charge on any atom is 0.252 e. The lowest BCUT2D eigenvalue weighted by Gasteiger charge is -2.05. The molecule has 1 aromatic heterocycles. The first-order valence-corrected chi connectivity index (χ1v) is 5.97. The van der Waals surface area contributed by atoms with Crippen LogP contribution in [-0.4, -0.2) is 31.2 Å². The molecule has 0 saturated carbocycles. The Labute approximate surface area is 107 Å². The second kappa shape index (κ2) is 8.43. The van der Waals surface area contributed by atoms with E-state index in [1.54, 1.807) is 19.2 Å². The molecular weight excluding hydrogens is 232 g/mol. The number of hydrogen-bond acceptors (Lipinski definition) is 5. The van der Waals surface area contributed by atoms with Crippen LogP contribution >= 0.6 is 0 Å². The number of anilines is 1. The van der Waals surface area contributed by atoms with Gasteiger partial charge < -0.3 is 15.5 Å². The Balaban J connectivity index is 2.23. The predicted molar refractivity (Wildman–Crippen MR) is 70.1 cm³/mol. The number of nitrogens with zero attached hydrogens (tertiary/aromatic N) is 1. The minimum atomic E-state index is -0.113. The van der Waals surface area contributed by atoms with Crippen LogP contribution < -0.4 is 16.6 Å². The van der Waals surface area contributed by atoms with E-state index >= 15 is 0 Å². The van der Waals surface area contributed by atoms with Crippen molar-refractivity contribution in [2.75, 3.05) is 25.7 Å². The quantitative estimate of drug-likeness (QED) is 0.363. The number of hydrazine groups is 1. The molecule has 1 heterocycles. The third kappa shape index (κ3) is 5.11. The molecule has 0 unspecified atom stereocenters. The van der Waals surface area contributed by atoms with E-state index in [0.29, 0.717) is 17.9 Å². The largest absolute Gasteiger partial charge is 0.385 e. The average Bonchev–Trinajstić information content (AvgIpc) is 2.42. The van der Waals surface area contributed by atoms with Gasteiger partial charge in [0.1, 0.15) is 5.82 Å². The lowest BCUT2D eigenvalue weighted by Crippen LogP contribution is -2.24. The van der Waals surface area contributed by atoms with Crippen LogP contribution in [0.15, 0.2) is 18.3 Å². The summed E-state index contributed by atoms with van der Waals surface area (Å²) in [6.07, 6.45) is 4.51. The molecule has 0 aliphatic carbocycles. The summed E-state index contributed by atoms with van der Waals surface area (Å²) >= 11 is 0. The number of carbonyl (C=O) groups is 1. The fourth-order valence-corrected chi connectivity index (χ4v) is 1.47. The highest BCUT2D eigenvalue weighted by Crippen LogP contribution is 2.03. The number of methoxy groups -OCH3 is 1. The fourth-order valence-electron chi connectivity index (χ4n) is 1.47. The van der Waals surface area contributed by atoms with Crippen molar-refractivity contribution in [2.45, 2.75) is 19.3 Å². The molecule has 0 aliphatic heterocycles. The molecule has 0 aliphatic rings. The molecule has 1 rings (SSSR count). The lowest BCUT2D eigenvalue weighted by molar-refractivity contribution is 0.0952. The SMILES string of the molecule is COCCCCCNC(=O)c1ccc(NN)nc1. The second-order valence-corrected chi connectivity index (χ2v) is 3.89. The number of nitrogens with one attached hydrogen (secondary N) is 2. The van der Waals surface area contributed by atoms with E-state index in [1.165, 1.54) is 6.20 Å². The van der Waals surface area contributed by atoms with E-state index in [9.17, 15) is 4.79 Å². The molecule has 0 radical (unpaired) electrons. The summed E-state index contributed by atoms with van der Waals surface area (Å²) in [5.41, 5.74) is 2.94. The van der Waals surface area contributed by atoms with Gasteiger partial charge in [-0.25, -0.2) is 10.8 Å². The van der Waals surface area contributed by atoms with Crippen LogP contribution in [0.2, 0.25) is 0 Å². The summed E-state index contributed by atoms with van der Waals surface area (Å²) in [4.78, 5) is 15.7. The van der Waals surface area contributed by atoms with E-state index in [0.717, 1.165) is 25.9 Å². The first kappa shape index (κ1) is 14.4. The zero-order valence-electron chi connectivity index (χ0n) is 10.6. The number of carbonyl (C=O) groups excluding carboxylic acids is 1. The summed E-state index contributed by atoms with van der Waals surface area (Å²) < 4.78 is 4.95. The Hall–Kier alpha value is -1.66. The number of pyridine rings is 1.